The van der Waals surface area contributed by atoms with Crippen molar-refractivity contribution in [3.05, 3.63) is 63.6 Å². The van der Waals surface area contributed by atoms with Gasteiger partial charge in [-0.25, -0.2) is 0 Å². The van der Waals surface area contributed by atoms with Gasteiger partial charge in [0.05, 0.1) is 0 Å². The van der Waals surface area contributed by atoms with Gasteiger partial charge in [-0.3, -0.25) is 0 Å². The molecule has 0 saturated carbocycles. The van der Waals surface area contributed by atoms with Crippen LogP contribution in [-0.4, -0.2) is 18.1 Å². The van der Waals surface area contributed by atoms with Crippen molar-refractivity contribution in [2.24, 2.45) is 10.9 Å². The number of amidine groups is 1. The van der Waals surface area contributed by atoms with E-state index in [9.17, 15) is 0 Å². The Hall–Kier alpha value is -2.01. The van der Waals surface area contributed by atoms with Crippen LogP contribution in [0.3, 0.4) is 0 Å². The lowest BCUT2D eigenvalue weighted by atomic mass is 10.1. The van der Waals surface area contributed by atoms with Gasteiger partial charge >= 0.3 is 0 Å². The van der Waals surface area contributed by atoms with Crippen molar-refractivity contribution in [2.75, 3.05) is 11.9 Å². The fourth-order valence-electron chi connectivity index (χ4n) is 2.18. The molecule has 4 nitrogen and oxygen atoms in total. The molecule has 3 N–H and O–H groups in total. The van der Waals surface area contributed by atoms with Gasteiger partial charge in [-0.15, -0.1) is 0 Å². The number of nitrogens with zero attached hydrogens (tertiary/aromatic N) is 2. The second-order valence-corrected chi connectivity index (χ2v) is 5.85. The highest BCUT2D eigenvalue weighted by Crippen LogP contribution is 2.24. The molecule has 0 saturated heterocycles. The van der Waals surface area contributed by atoms with Crippen LogP contribution in [0.15, 0.2) is 52.1 Å². The van der Waals surface area contributed by atoms with Gasteiger partial charge in [-0.2, -0.15) is 0 Å². The number of hydrogen-bond donors (Lipinski definition) is 2. The highest BCUT2D eigenvalue weighted by atomic mass is 79.9. The Morgan fingerprint density at radius 1 is 1.29 bits per heavy atom. The summed E-state index contributed by atoms with van der Waals surface area (Å²) in [5.41, 5.74) is 9.86. The highest BCUT2D eigenvalue weighted by Gasteiger charge is 2.09. The normalized spacial score (nSPS) is 11.5. The van der Waals surface area contributed by atoms with Crippen LogP contribution in [0.1, 0.15) is 16.7 Å². The van der Waals surface area contributed by atoms with Crippen LogP contribution in [0.2, 0.25) is 0 Å². The van der Waals surface area contributed by atoms with Gasteiger partial charge in [0.15, 0.2) is 5.84 Å². The van der Waals surface area contributed by atoms with E-state index in [4.69, 9.17) is 10.9 Å². The van der Waals surface area contributed by atoms with E-state index < -0.39 is 0 Å². The zero-order valence-corrected chi connectivity index (χ0v) is 13.6. The number of oxime groups is 1. The third-order valence-electron chi connectivity index (χ3n) is 3.28. The number of anilines is 1. The molecular weight excluding hydrogens is 330 g/mol. The van der Waals surface area contributed by atoms with Gasteiger partial charge in [0.2, 0.25) is 0 Å². The minimum absolute atomic E-state index is 0.0924. The van der Waals surface area contributed by atoms with Gasteiger partial charge < -0.3 is 15.8 Å². The Kier molecular flexibility index (Phi) is 4.85. The SMILES string of the molecule is Cc1cccc(CN(C)c2ccc(/C(N)=N/O)c(Br)c2)c1. The van der Waals surface area contributed by atoms with Crippen LogP contribution in [0.25, 0.3) is 0 Å². The molecule has 21 heavy (non-hydrogen) atoms. The Morgan fingerprint density at radius 3 is 2.67 bits per heavy atom. The molecule has 0 radical (unpaired) electrons. The van der Waals surface area contributed by atoms with Crippen molar-refractivity contribution in [3.8, 4) is 0 Å². The molecule has 0 aliphatic heterocycles. The lowest BCUT2D eigenvalue weighted by Gasteiger charge is -2.20. The number of aryl methyl sites for hydroxylation is 1. The molecule has 0 spiro atoms. The van der Waals surface area contributed by atoms with Crippen LogP contribution in [-0.2, 0) is 6.54 Å². The number of benzene rings is 2. The first kappa shape index (κ1) is 15.4. The number of hydrogen-bond acceptors (Lipinski definition) is 3. The van der Waals surface area contributed by atoms with Crippen LogP contribution in [0, 0.1) is 6.92 Å². The van der Waals surface area contributed by atoms with Crippen LogP contribution < -0.4 is 10.6 Å². The fourth-order valence-corrected chi connectivity index (χ4v) is 2.75. The van der Waals surface area contributed by atoms with Crippen molar-refractivity contribution >= 4 is 27.5 Å². The third-order valence-corrected chi connectivity index (χ3v) is 3.94. The van der Waals surface area contributed by atoms with E-state index in [1.165, 1.54) is 11.1 Å². The molecule has 2 rings (SSSR count). The maximum atomic E-state index is 8.74. The van der Waals surface area contributed by atoms with E-state index in [-0.39, 0.29) is 5.84 Å². The molecule has 0 amide bonds. The van der Waals surface area contributed by atoms with Crippen LogP contribution in [0.4, 0.5) is 5.69 Å². The van der Waals surface area contributed by atoms with Gasteiger partial charge in [0.25, 0.3) is 0 Å². The molecule has 0 aliphatic rings. The molecule has 0 heterocycles. The van der Waals surface area contributed by atoms with Crippen molar-refractivity contribution in [2.45, 2.75) is 13.5 Å². The molecule has 0 aromatic heterocycles. The van der Waals surface area contributed by atoms with Crippen LogP contribution in [0.5, 0.6) is 0 Å². The quantitative estimate of drug-likeness (QED) is 0.385. The summed E-state index contributed by atoms with van der Waals surface area (Å²) in [7, 11) is 2.03. The monoisotopic (exact) mass is 347 g/mol. The summed E-state index contributed by atoms with van der Waals surface area (Å²) in [6, 6.07) is 14.2. The Bertz CT molecular complexity index is 670. The van der Waals surface area contributed by atoms with Crippen molar-refractivity contribution < 1.29 is 5.21 Å². The maximum absolute atomic E-state index is 8.74. The Labute approximate surface area is 133 Å². The predicted molar refractivity (Wildman–Crippen MR) is 89.9 cm³/mol. The molecule has 0 fully saturated rings. The molecule has 2 aromatic carbocycles. The van der Waals surface area contributed by atoms with Crippen molar-refractivity contribution in [1.82, 2.24) is 0 Å². The first-order valence-electron chi connectivity index (χ1n) is 6.55. The van der Waals surface area contributed by atoms with Gasteiger partial charge in [0.1, 0.15) is 0 Å². The molecule has 0 atom stereocenters. The smallest absolute Gasteiger partial charge is 0.171 e. The number of halogens is 1. The minimum atomic E-state index is 0.0924. The Balaban J connectivity index is 2.20. The number of rotatable bonds is 4. The van der Waals surface area contributed by atoms with E-state index in [0.29, 0.717) is 5.56 Å². The summed E-state index contributed by atoms with van der Waals surface area (Å²) in [4.78, 5) is 2.15. The lowest BCUT2D eigenvalue weighted by molar-refractivity contribution is 0.318. The molecule has 5 heteroatoms. The van der Waals surface area contributed by atoms with E-state index >= 15 is 0 Å². The highest BCUT2D eigenvalue weighted by molar-refractivity contribution is 9.10. The summed E-state index contributed by atoms with van der Waals surface area (Å²) < 4.78 is 0.798. The van der Waals surface area contributed by atoms with E-state index in [1.807, 2.05) is 25.2 Å². The van der Waals surface area contributed by atoms with Gasteiger partial charge in [0, 0.05) is 29.3 Å². The predicted octanol–water partition coefficient (Wildman–Crippen LogP) is 3.49. The lowest BCUT2D eigenvalue weighted by Crippen LogP contribution is -2.18. The average Bonchev–Trinajstić information content (AvgIpc) is 2.46. The van der Waals surface area contributed by atoms with Crippen molar-refractivity contribution in [3.63, 3.8) is 0 Å². The first-order chi connectivity index (χ1) is 10.0. The molecule has 0 aliphatic carbocycles. The van der Waals surface area contributed by atoms with Crippen LogP contribution >= 0.6 is 15.9 Å². The van der Waals surface area contributed by atoms with Crippen molar-refractivity contribution in [1.29, 1.82) is 0 Å². The number of nitrogens with two attached hydrogens (primary N) is 1. The molecule has 110 valence electrons. The van der Waals surface area contributed by atoms with E-state index in [1.54, 1.807) is 0 Å². The molecule has 0 unspecified atom stereocenters. The van der Waals surface area contributed by atoms with Gasteiger partial charge in [-0.05, 0) is 46.6 Å². The van der Waals surface area contributed by atoms with E-state index in [0.717, 1.165) is 16.7 Å². The molecule has 0 bridgehead atoms. The summed E-state index contributed by atoms with van der Waals surface area (Å²) in [5, 5.41) is 11.8. The minimum Gasteiger partial charge on any atom is -0.409 e. The summed E-state index contributed by atoms with van der Waals surface area (Å²) in [5.74, 6) is 0.0924. The second-order valence-electron chi connectivity index (χ2n) is 4.99. The third kappa shape index (κ3) is 3.76. The zero-order chi connectivity index (χ0) is 15.4. The average molecular weight is 348 g/mol. The summed E-state index contributed by atoms with van der Waals surface area (Å²) >= 11 is 3.46. The fraction of sp³-hybridized carbons (Fsp3) is 0.188. The molecule has 2 aromatic rings. The first-order valence-corrected chi connectivity index (χ1v) is 7.34. The standard InChI is InChI=1S/C16H18BrN3O/c1-11-4-3-5-12(8-11)10-20(2)13-6-7-14(15(17)9-13)16(18)19-21/h3-9,21H,10H2,1-2H3,(H2,18,19). The summed E-state index contributed by atoms with van der Waals surface area (Å²) in [6.45, 7) is 2.91. The largest absolute Gasteiger partial charge is 0.409 e. The second kappa shape index (κ2) is 6.63. The Morgan fingerprint density at radius 2 is 2.05 bits per heavy atom. The maximum Gasteiger partial charge on any atom is 0.171 e. The molecular formula is C16H18BrN3O. The zero-order valence-electron chi connectivity index (χ0n) is 12.0. The van der Waals surface area contributed by atoms with E-state index in [2.05, 4.69) is 57.2 Å². The topological polar surface area (TPSA) is 61.8 Å². The van der Waals surface area contributed by atoms with Gasteiger partial charge in [-0.1, -0.05) is 35.0 Å². The summed E-state index contributed by atoms with van der Waals surface area (Å²) in [6.07, 6.45) is 0.